The molecule has 6 heteroatoms. The largest absolute Gasteiger partial charge is 0.497 e. The molecule has 3 aromatic rings. The van der Waals surface area contributed by atoms with Gasteiger partial charge in [0.15, 0.2) is 5.65 Å². The predicted octanol–water partition coefficient (Wildman–Crippen LogP) is 3.00. The van der Waals surface area contributed by atoms with E-state index in [1.54, 1.807) is 7.11 Å². The van der Waals surface area contributed by atoms with Crippen molar-refractivity contribution < 1.29 is 4.74 Å². The summed E-state index contributed by atoms with van der Waals surface area (Å²) in [7, 11) is 5.80. The Kier molecular flexibility index (Phi) is 4.90. The lowest BCUT2D eigenvalue weighted by Crippen LogP contribution is -2.22. The van der Waals surface area contributed by atoms with Crippen molar-refractivity contribution in [1.82, 2.24) is 19.5 Å². The van der Waals surface area contributed by atoms with Crippen molar-refractivity contribution >= 4 is 11.5 Å². The van der Waals surface area contributed by atoms with Crippen LogP contribution in [0.2, 0.25) is 0 Å². The molecule has 132 valence electrons. The second kappa shape index (κ2) is 7.11. The topological polar surface area (TPSA) is 54.7 Å². The minimum absolute atomic E-state index is 0.836. The van der Waals surface area contributed by atoms with Gasteiger partial charge in [-0.2, -0.15) is 9.61 Å². The number of aromatic nitrogens is 3. The van der Waals surface area contributed by atoms with Gasteiger partial charge in [-0.25, -0.2) is 4.98 Å². The van der Waals surface area contributed by atoms with E-state index in [4.69, 9.17) is 9.84 Å². The van der Waals surface area contributed by atoms with E-state index < -0.39 is 0 Å². The highest BCUT2D eigenvalue weighted by Crippen LogP contribution is 2.25. The van der Waals surface area contributed by atoms with Gasteiger partial charge in [-0.15, -0.1) is 0 Å². The van der Waals surface area contributed by atoms with E-state index in [1.807, 2.05) is 41.8 Å². The fraction of sp³-hybridized carbons (Fsp3) is 0.368. The van der Waals surface area contributed by atoms with Crippen molar-refractivity contribution in [3.8, 4) is 17.0 Å². The van der Waals surface area contributed by atoms with Crippen LogP contribution in [-0.4, -0.2) is 53.8 Å². The molecule has 2 heterocycles. The highest BCUT2D eigenvalue weighted by molar-refractivity contribution is 5.67. The zero-order valence-electron chi connectivity index (χ0n) is 15.5. The quantitative estimate of drug-likeness (QED) is 0.748. The maximum absolute atomic E-state index is 5.23. The molecule has 0 saturated carbocycles. The summed E-state index contributed by atoms with van der Waals surface area (Å²) in [5.74, 6) is 1.84. The Morgan fingerprint density at radius 1 is 1.16 bits per heavy atom. The van der Waals surface area contributed by atoms with Gasteiger partial charge in [0.1, 0.15) is 11.6 Å². The van der Waals surface area contributed by atoms with Crippen molar-refractivity contribution in [3.05, 3.63) is 41.6 Å². The molecule has 0 unspecified atom stereocenters. The Labute approximate surface area is 148 Å². The number of anilines is 1. The monoisotopic (exact) mass is 339 g/mol. The minimum atomic E-state index is 0.836. The number of hydrogen-bond donors (Lipinski definition) is 1. The lowest BCUT2D eigenvalue weighted by atomic mass is 10.1. The maximum atomic E-state index is 5.23. The van der Waals surface area contributed by atoms with Gasteiger partial charge in [0.2, 0.25) is 0 Å². The molecule has 0 aliphatic rings. The van der Waals surface area contributed by atoms with Gasteiger partial charge in [0.05, 0.1) is 12.8 Å². The third-order valence-corrected chi connectivity index (χ3v) is 4.32. The fourth-order valence-electron chi connectivity index (χ4n) is 2.71. The first-order valence-corrected chi connectivity index (χ1v) is 8.39. The summed E-state index contributed by atoms with van der Waals surface area (Å²) < 4.78 is 7.13. The molecule has 0 aliphatic heterocycles. The molecule has 1 N–H and O–H groups in total. The van der Waals surface area contributed by atoms with Crippen LogP contribution in [0, 0.1) is 13.8 Å². The van der Waals surface area contributed by atoms with Gasteiger partial charge in [-0.05, 0) is 52.2 Å². The number of hydrogen-bond acceptors (Lipinski definition) is 5. The molecule has 0 radical (unpaired) electrons. The van der Waals surface area contributed by atoms with Crippen molar-refractivity contribution in [3.63, 3.8) is 0 Å². The van der Waals surface area contributed by atoms with Crippen LogP contribution < -0.4 is 10.1 Å². The summed E-state index contributed by atoms with van der Waals surface area (Å²) in [5, 5.41) is 8.29. The lowest BCUT2D eigenvalue weighted by Gasteiger charge is -2.15. The number of nitrogens with zero attached hydrogens (tertiary/aromatic N) is 4. The van der Waals surface area contributed by atoms with Crippen LogP contribution in [-0.2, 0) is 0 Å². The average Bonchev–Trinajstić information content (AvgIpc) is 3.01. The third-order valence-electron chi connectivity index (χ3n) is 4.32. The van der Waals surface area contributed by atoms with Crippen molar-refractivity contribution in [1.29, 1.82) is 0 Å². The molecule has 1 aromatic carbocycles. The zero-order chi connectivity index (χ0) is 18.0. The molecule has 0 aliphatic carbocycles. The molecular formula is C19H25N5O. The first-order valence-electron chi connectivity index (χ1n) is 8.39. The van der Waals surface area contributed by atoms with E-state index in [0.29, 0.717) is 0 Å². The summed E-state index contributed by atoms with van der Waals surface area (Å²) >= 11 is 0. The van der Waals surface area contributed by atoms with Crippen LogP contribution in [0.1, 0.15) is 11.3 Å². The van der Waals surface area contributed by atoms with Crippen LogP contribution in [0.3, 0.4) is 0 Å². The van der Waals surface area contributed by atoms with Crippen LogP contribution in [0.15, 0.2) is 30.3 Å². The number of aryl methyl sites for hydroxylation is 1. The summed E-state index contributed by atoms with van der Waals surface area (Å²) in [6, 6.07) is 9.93. The van der Waals surface area contributed by atoms with E-state index in [0.717, 1.165) is 52.8 Å². The minimum Gasteiger partial charge on any atom is -0.497 e. The first-order chi connectivity index (χ1) is 12.0. The molecule has 0 atom stereocenters. The SMILES string of the molecule is COc1ccc(-c2cc3nc(C)c(C)c(NCCN(C)C)n3n2)cc1. The number of nitrogens with one attached hydrogen (secondary N) is 1. The molecule has 25 heavy (non-hydrogen) atoms. The number of fused-ring (bicyclic) bond motifs is 1. The molecular weight excluding hydrogens is 314 g/mol. The van der Waals surface area contributed by atoms with Crippen LogP contribution in [0.5, 0.6) is 5.75 Å². The van der Waals surface area contributed by atoms with Gasteiger partial charge < -0.3 is 15.0 Å². The standard InChI is InChI=1S/C19H25N5O/c1-13-14(2)21-18-12-17(15-6-8-16(25-5)9-7-15)22-24(18)19(13)20-10-11-23(3)4/h6-9,12,20H,10-11H2,1-5H3. The van der Waals surface area contributed by atoms with Crippen molar-refractivity contribution in [2.45, 2.75) is 13.8 Å². The summed E-state index contributed by atoms with van der Waals surface area (Å²) in [5.41, 5.74) is 4.93. The zero-order valence-corrected chi connectivity index (χ0v) is 15.5. The summed E-state index contributed by atoms with van der Waals surface area (Å²) in [4.78, 5) is 6.84. The molecule has 0 saturated heterocycles. The van der Waals surface area contributed by atoms with Crippen LogP contribution in [0.4, 0.5) is 5.82 Å². The fourth-order valence-corrected chi connectivity index (χ4v) is 2.71. The van der Waals surface area contributed by atoms with Crippen LogP contribution in [0.25, 0.3) is 16.9 Å². The highest BCUT2D eigenvalue weighted by Gasteiger charge is 2.13. The van der Waals surface area contributed by atoms with E-state index in [9.17, 15) is 0 Å². The summed E-state index contributed by atoms with van der Waals surface area (Å²) in [6.07, 6.45) is 0. The molecule has 0 bridgehead atoms. The van der Waals surface area contributed by atoms with E-state index in [2.05, 4.69) is 36.2 Å². The van der Waals surface area contributed by atoms with E-state index >= 15 is 0 Å². The number of rotatable bonds is 6. The number of ether oxygens (including phenoxy) is 1. The Morgan fingerprint density at radius 2 is 1.88 bits per heavy atom. The molecule has 3 rings (SSSR count). The lowest BCUT2D eigenvalue weighted by molar-refractivity contribution is 0.415. The molecule has 6 nitrogen and oxygen atoms in total. The van der Waals surface area contributed by atoms with Gasteiger partial charge in [-0.3, -0.25) is 0 Å². The van der Waals surface area contributed by atoms with Crippen molar-refractivity contribution in [2.75, 3.05) is 39.6 Å². The van der Waals surface area contributed by atoms with E-state index in [-0.39, 0.29) is 0 Å². The third kappa shape index (κ3) is 3.58. The number of methoxy groups -OCH3 is 1. The summed E-state index contributed by atoms with van der Waals surface area (Å²) in [6.45, 7) is 5.92. The Bertz CT molecular complexity index is 868. The maximum Gasteiger partial charge on any atom is 0.158 e. The first kappa shape index (κ1) is 17.2. The van der Waals surface area contributed by atoms with Crippen molar-refractivity contribution in [2.24, 2.45) is 0 Å². The highest BCUT2D eigenvalue weighted by atomic mass is 16.5. The smallest absolute Gasteiger partial charge is 0.158 e. The Hall–Kier alpha value is -2.60. The second-order valence-corrected chi connectivity index (χ2v) is 6.43. The van der Waals surface area contributed by atoms with Gasteiger partial charge in [0, 0.05) is 36.0 Å². The number of likely N-dealkylation sites (N-methyl/N-ethyl adjacent to an activating group) is 1. The Morgan fingerprint density at radius 3 is 2.52 bits per heavy atom. The van der Waals surface area contributed by atoms with Gasteiger partial charge >= 0.3 is 0 Å². The van der Waals surface area contributed by atoms with Gasteiger partial charge in [0.25, 0.3) is 0 Å². The molecule has 2 aromatic heterocycles. The van der Waals surface area contributed by atoms with E-state index in [1.165, 1.54) is 0 Å². The molecule has 0 amide bonds. The average molecular weight is 339 g/mol. The molecule has 0 fully saturated rings. The normalized spacial score (nSPS) is 11.3. The van der Waals surface area contributed by atoms with Gasteiger partial charge in [-0.1, -0.05) is 0 Å². The number of benzene rings is 1. The van der Waals surface area contributed by atoms with Crippen LogP contribution >= 0.6 is 0 Å². The second-order valence-electron chi connectivity index (χ2n) is 6.43. The Balaban J connectivity index is 2.00. The molecule has 0 spiro atoms. The predicted molar refractivity (Wildman–Crippen MR) is 101 cm³/mol.